The summed E-state index contributed by atoms with van der Waals surface area (Å²) in [6, 6.07) is 13.8. The number of nitrogens with one attached hydrogen (secondary N) is 2. The van der Waals surface area contributed by atoms with Crippen LogP contribution in [-0.2, 0) is 9.53 Å². The molecule has 0 radical (unpaired) electrons. The van der Waals surface area contributed by atoms with Crippen LogP contribution in [0.2, 0.25) is 0 Å². The van der Waals surface area contributed by atoms with Gasteiger partial charge < -0.3 is 15.4 Å². The summed E-state index contributed by atoms with van der Waals surface area (Å²) >= 11 is 5.25. The molecule has 0 aromatic heterocycles. The molecule has 1 atom stereocenters. The van der Waals surface area contributed by atoms with E-state index >= 15 is 0 Å². The SMILES string of the molecule is COC(=O)C1=C(C)NC(=S)N[C@@H]1c1cccc2ccccc12. The fourth-order valence-electron chi connectivity index (χ4n) is 2.81. The van der Waals surface area contributed by atoms with Crippen molar-refractivity contribution < 1.29 is 9.53 Å². The largest absolute Gasteiger partial charge is 0.466 e. The number of allylic oxidation sites excluding steroid dienone is 1. The highest BCUT2D eigenvalue weighted by atomic mass is 32.1. The number of ether oxygens (including phenoxy) is 1. The second kappa shape index (κ2) is 5.77. The molecule has 112 valence electrons. The first-order valence-corrected chi connectivity index (χ1v) is 7.37. The standard InChI is InChI=1S/C17H16N2O2S/c1-10-14(16(20)21-2)15(19-17(22)18-10)13-9-5-7-11-6-3-4-8-12(11)13/h3-9,15H,1-2H3,(H2,18,19,22)/t15-/m1/s1. The van der Waals surface area contributed by atoms with Crippen LogP contribution in [-0.4, -0.2) is 18.2 Å². The van der Waals surface area contributed by atoms with E-state index in [9.17, 15) is 4.79 Å². The van der Waals surface area contributed by atoms with Crippen molar-refractivity contribution in [3.8, 4) is 0 Å². The zero-order valence-electron chi connectivity index (χ0n) is 12.3. The predicted octanol–water partition coefficient (Wildman–Crippen LogP) is 2.81. The van der Waals surface area contributed by atoms with Crippen molar-refractivity contribution in [1.82, 2.24) is 10.6 Å². The monoisotopic (exact) mass is 312 g/mol. The molecule has 0 saturated carbocycles. The third kappa shape index (κ3) is 2.44. The molecule has 1 heterocycles. The summed E-state index contributed by atoms with van der Waals surface area (Å²) in [4.78, 5) is 12.2. The van der Waals surface area contributed by atoms with Gasteiger partial charge in [0.2, 0.25) is 0 Å². The van der Waals surface area contributed by atoms with Gasteiger partial charge in [-0.05, 0) is 35.5 Å². The number of hydrogen-bond donors (Lipinski definition) is 2. The minimum atomic E-state index is -0.363. The first kappa shape index (κ1) is 14.5. The summed E-state index contributed by atoms with van der Waals surface area (Å²) in [5.41, 5.74) is 2.27. The molecule has 0 fully saturated rings. The molecule has 2 aromatic carbocycles. The van der Waals surface area contributed by atoms with Crippen LogP contribution in [0.4, 0.5) is 0 Å². The Morgan fingerprint density at radius 3 is 2.68 bits per heavy atom. The van der Waals surface area contributed by atoms with E-state index in [1.807, 2.05) is 49.4 Å². The smallest absolute Gasteiger partial charge is 0.337 e. The summed E-state index contributed by atoms with van der Waals surface area (Å²) < 4.78 is 4.94. The average Bonchev–Trinajstić information content (AvgIpc) is 2.53. The summed E-state index contributed by atoms with van der Waals surface area (Å²) in [5.74, 6) is -0.363. The molecule has 2 N–H and O–H groups in total. The molecular weight excluding hydrogens is 296 g/mol. The Bertz CT molecular complexity index is 793. The van der Waals surface area contributed by atoms with Crippen LogP contribution >= 0.6 is 12.2 Å². The number of hydrogen-bond acceptors (Lipinski definition) is 3. The molecule has 0 bridgehead atoms. The minimum Gasteiger partial charge on any atom is -0.466 e. The molecule has 2 aromatic rings. The highest BCUT2D eigenvalue weighted by molar-refractivity contribution is 7.80. The molecule has 0 unspecified atom stereocenters. The molecule has 0 aliphatic carbocycles. The first-order valence-electron chi connectivity index (χ1n) is 6.96. The molecule has 22 heavy (non-hydrogen) atoms. The van der Waals surface area contributed by atoms with Gasteiger partial charge in [0.25, 0.3) is 0 Å². The van der Waals surface area contributed by atoms with Crippen molar-refractivity contribution in [2.45, 2.75) is 13.0 Å². The highest BCUT2D eigenvalue weighted by Gasteiger charge is 2.31. The zero-order chi connectivity index (χ0) is 15.7. The number of methoxy groups -OCH3 is 1. The Morgan fingerprint density at radius 1 is 1.18 bits per heavy atom. The maximum Gasteiger partial charge on any atom is 0.337 e. The molecule has 4 nitrogen and oxygen atoms in total. The van der Waals surface area contributed by atoms with Gasteiger partial charge >= 0.3 is 5.97 Å². The molecular formula is C17H16N2O2S. The summed E-state index contributed by atoms with van der Waals surface area (Å²) in [5, 5.41) is 8.88. The van der Waals surface area contributed by atoms with Gasteiger partial charge in [0.05, 0.1) is 18.7 Å². The van der Waals surface area contributed by atoms with Crippen LogP contribution in [0.25, 0.3) is 10.8 Å². The normalized spacial score (nSPS) is 17.9. The molecule has 5 heteroatoms. The van der Waals surface area contributed by atoms with Crippen LogP contribution in [0.15, 0.2) is 53.7 Å². The molecule has 3 rings (SSSR count). The van der Waals surface area contributed by atoms with E-state index in [2.05, 4.69) is 10.6 Å². The van der Waals surface area contributed by atoms with Gasteiger partial charge in [0, 0.05) is 5.70 Å². The van der Waals surface area contributed by atoms with E-state index in [-0.39, 0.29) is 12.0 Å². The van der Waals surface area contributed by atoms with E-state index in [1.165, 1.54) is 7.11 Å². The summed E-state index contributed by atoms with van der Waals surface area (Å²) in [6.07, 6.45) is 0. The van der Waals surface area contributed by atoms with Gasteiger partial charge in [0.15, 0.2) is 5.11 Å². The van der Waals surface area contributed by atoms with E-state index in [1.54, 1.807) is 0 Å². The number of carbonyl (C=O) groups is 1. The number of carbonyl (C=O) groups excluding carboxylic acids is 1. The lowest BCUT2D eigenvalue weighted by molar-refractivity contribution is -0.136. The molecule has 0 spiro atoms. The van der Waals surface area contributed by atoms with E-state index in [0.29, 0.717) is 16.4 Å². The van der Waals surface area contributed by atoms with Crippen molar-refractivity contribution in [1.29, 1.82) is 0 Å². The van der Waals surface area contributed by atoms with Crippen molar-refractivity contribution in [3.63, 3.8) is 0 Å². The molecule has 1 aliphatic rings. The van der Waals surface area contributed by atoms with Crippen molar-refractivity contribution in [3.05, 3.63) is 59.3 Å². The first-order chi connectivity index (χ1) is 10.6. The molecule has 0 saturated heterocycles. The number of rotatable bonds is 2. The van der Waals surface area contributed by atoms with Gasteiger partial charge in [-0.1, -0.05) is 42.5 Å². The minimum absolute atomic E-state index is 0.327. The van der Waals surface area contributed by atoms with E-state index in [0.717, 1.165) is 16.3 Å². The fraction of sp³-hybridized carbons (Fsp3) is 0.176. The van der Waals surface area contributed by atoms with Crippen molar-refractivity contribution in [2.75, 3.05) is 7.11 Å². The third-order valence-corrected chi connectivity index (χ3v) is 4.03. The number of benzene rings is 2. The average molecular weight is 312 g/mol. The van der Waals surface area contributed by atoms with Crippen LogP contribution in [0.5, 0.6) is 0 Å². The van der Waals surface area contributed by atoms with Gasteiger partial charge in [-0.25, -0.2) is 4.79 Å². The third-order valence-electron chi connectivity index (χ3n) is 3.81. The Morgan fingerprint density at radius 2 is 1.91 bits per heavy atom. The lowest BCUT2D eigenvalue weighted by Crippen LogP contribution is -2.45. The lowest BCUT2D eigenvalue weighted by Gasteiger charge is -2.30. The number of thiocarbonyl (C=S) groups is 1. The van der Waals surface area contributed by atoms with Gasteiger partial charge in [0.1, 0.15) is 0 Å². The number of esters is 1. The maximum atomic E-state index is 12.2. The topological polar surface area (TPSA) is 50.4 Å². The van der Waals surface area contributed by atoms with Crippen molar-refractivity contribution >= 4 is 34.1 Å². The highest BCUT2D eigenvalue weighted by Crippen LogP contribution is 2.32. The lowest BCUT2D eigenvalue weighted by atomic mass is 9.91. The second-order valence-corrected chi connectivity index (χ2v) is 5.54. The van der Waals surface area contributed by atoms with Gasteiger partial charge in [-0.2, -0.15) is 0 Å². The quantitative estimate of drug-likeness (QED) is 0.660. The molecule has 0 amide bonds. The predicted molar refractivity (Wildman–Crippen MR) is 90.3 cm³/mol. The Hall–Kier alpha value is -2.40. The van der Waals surface area contributed by atoms with Crippen LogP contribution in [0.3, 0.4) is 0 Å². The van der Waals surface area contributed by atoms with E-state index in [4.69, 9.17) is 17.0 Å². The Kier molecular flexibility index (Phi) is 3.81. The second-order valence-electron chi connectivity index (χ2n) is 5.13. The van der Waals surface area contributed by atoms with Crippen molar-refractivity contribution in [2.24, 2.45) is 0 Å². The van der Waals surface area contributed by atoms with Gasteiger partial charge in [-0.15, -0.1) is 0 Å². The summed E-state index contributed by atoms with van der Waals surface area (Å²) in [7, 11) is 1.38. The Labute approximate surface area is 134 Å². The fourth-order valence-corrected chi connectivity index (χ4v) is 3.08. The molecule has 1 aliphatic heterocycles. The summed E-state index contributed by atoms with van der Waals surface area (Å²) in [6.45, 7) is 1.83. The van der Waals surface area contributed by atoms with Crippen LogP contribution in [0.1, 0.15) is 18.5 Å². The van der Waals surface area contributed by atoms with E-state index < -0.39 is 0 Å². The van der Waals surface area contributed by atoms with Gasteiger partial charge in [-0.3, -0.25) is 0 Å². The van der Waals surface area contributed by atoms with Crippen LogP contribution < -0.4 is 10.6 Å². The number of fused-ring (bicyclic) bond motifs is 1. The Balaban J connectivity index is 2.21. The zero-order valence-corrected chi connectivity index (χ0v) is 13.2. The van der Waals surface area contributed by atoms with Crippen LogP contribution in [0, 0.1) is 0 Å². The maximum absolute atomic E-state index is 12.2.